The molecule has 0 amide bonds. The van der Waals surface area contributed by atoms with Gasteiger partial charge < -0.3 is 9.57 Å². The van der Waals surface area contributed by atoms with Gasteiger partial charge in [-0.2, -0.15) is 0 Å². The Balaban J connectivity index is 1.61. The maximum Gasteiger partial charge on any atom is 0.310 e. The van der Waals surface area contributed by atoms with Crippen molar-refractivity contribution in [2.45, 2.75) is 52.2 Å². The van der Waals surface area contributed by atoms with E-state index in [9.17, 15) is 26.7 Å². The average Bonchev–Trinajstić information content (AvgIpc) is 3.00. The molecule has 0 unspecified atom stereocenters. The van der Waals surface area contributed by atoms with E-state index in [0.29, 0.717) is 0 Å². The largest absolute Gasteiger partial charge is 0.460 e. The number of esters is 1. The van der Waals surface area contributed by atoms with Crippen LogP contribution in [0.5, 0.6) is 0 Å². The van der Waals surface area contributed by atoms with Gasteiger partial charge in [0.1, 0.15) is 12.7 Å². The lowest BCUT2D eigenvalue weighted by Crippen LogP contribution is -2.14. The summed E-state index contributed by atoms with van der Waals surface area (Å²) in [5.74, 6) is -12.2. The number of carbonyl (C=O) groups excluding carboxylic acids is 1. The Kier molecular flexibility index (Phi) is 5.63. The predicted octanol–water partition coefficient (Wildman–Crippen LogP) is 4.64. The van der Waals surface area contributed by atoms with Crippen molar-refractivity contribution >= 4 is 12.2 Å². The summed E-state index contributed by atoms with van der Waals surface area (Å²) >= 11 is 0. The Bertz CT molecular complexity index is 776. The van der Waals surface area contributed by atoms with Gasteiger partial charge >= 0.3 is 5.97 Å². The number of halogens is 5. The first-order chi connectivity index (χ1) is 13.2. The number of carbonyl (C=O) groups is 1. The normalized spacial score (nSPS) is 24.0. The summed E-state index contributed by atoms with van der Waals surface area (Å²) in [5.41, 5.74) is -1.70. The molecule has 9 heteroatoms. The van der Waals surface area contributed by atoms with Crippen LogP contribution < -0.4 is 0 Å². The molecule has 4 nitrogen and oxygen atoms in total. The van der Waals surface area contributed by atoms with E-state index < -0.39 is 58.6 Å². The van der Waals surface area contributed by atoms with Crippen LogP contribution in [0.4, 0.5) is 22.0 Å². The Morgan fingerprint density at radius 2 is 1.57 bits per heavy atom. The number of hydrogen-bond donors (Lipinski definition) is 0. The Labute approximate surface area is 158 Å². The van der Waals surface area contributed by atoms with Crippen LogP contribution in [0.3, 0.4) is 0 Å². The van der Waals surface area contributed by atoms with Crippen LogP contribution in [0.15, 0.2) is 5.16 Å². The minimum Gasteiger partial charge on any atom is -0.460 e. The maximum atomic E-state index is 13.7. The number of nitrogens with zero attached hydrogens (tertiary/aromatic N) is 1. The molecule has 0 aliphatic heterocycles. The Morgan fingerprint density at radius 1 is 1.04 bits per heavy atom. The van der Waals surface area contributed by atoms with Gasteiger partial charge in [0.05, 0.1) is 11.5 Å². The molecule has 0 bridgehead atoms. The fraction of sp³-hybridized carbons (Fsp3) is 0.579. The third kappa shape index (κ3) is 3.71. The van der Waals surface area contributed by atoms with Crippen LogP contribution in [-0.4, -0.2) is 18.3 Å². The molecule has 3 rings (SSSR count). The molecule has 1 aromatic carbocycles. The maximum absolute atomic E-state index is 13.7. The van der Waals surface area contributed by atoms with Crippen molar-refractivity contribution < 1.29 is 36.3 Å². The molecule has 2 saturated carbocycles. The highest BCUT2D eigenvalue weighted by Gasteiger charge is 2.62. The van der Waals surface area contributed by atoms with Crippen molar-refractivity contribution in [3.63, 3.8) is 0 Å². The van der Waals surface area contributed by atoms with E-state index in [0.717, 1.165) is 25.7 Å². The summed E-state index contributed by atoms with van der Waals surface area (Å²) in [6, 6.07) is 0. The summed E-state index contributed by atoms with van der Waals surface area (Å²) in [5, 5.41) is 3.93. The number of rotatable bonds is 6. The molecular weight excluding hydrogens is 385 g/mol. The van der Waals surface area contributed by atoms with Crippen molar-refractivity contribution in [2.75, 3.05) is 0 Å². The summed E-state index contributed by atoms with van der Waals surface area (Å²) in [6.45, 7) is 2.51. The van der Waals surface area contributed by atoms with Crippen molar-refractivity contribution in [1.29, 1.82) is 0 Å². The molecule has 2 atom stereocenters. The predicted molar refractivity (Wildman–Crippen MR) is 88.6 cm³/mol. The van der Waals surface area contributed by atoms with Crippen LogP contribution in [0.1, 0.15) is 45.1 Å². The molecule has 0 saturated heterocycles. The van der Waals surface area contributed by atoms with Crippen LogP contribution in [-0.2, 0) is 21.0 Å². The zero-order valence-electron chi connectivity index (χ0n) is 15.4. The number of hydrogen-bond acceptors (Lipinski definition) is 4. The van der Waals surface area contributed by atoms with Gasteiger partial charge in [0, 0.05) is 12.1 Å². The van der Waals surface area contributed by atoms with Crippen LogP contribution in [0, 0.1) is 46.3 Å². The monoisotopic (exact) mass is 405 g/mol. The fourth-order valence-corrected chi connectivity index (χ4v) is 3.60. The van der Waals surface area contributed by atoms with E-state index in [4.69, 9.17) is 9.57 Å². The van der Waals surface area contributed by atoms with Crippen molar-refractivity contribution in [2.24, 2.45) is 22.4 Å². The zero-order valence-corrected chi connectivity index (χ0v) is 15.4. The lowest BCUT2D eigenvalue weighted by atomic mass is 10.1. The van der Waals surface area contributed by atoms with Gasteiger partial charge in [-0.3, -0.25) is 4.79 Å². The number of benzene rings is 1. The molecule has 0 aromatic heterocycles. The number of oxime groups is 1. The second-order valence-corrected chi connectivity index (χ2v) is 7.75. The second-order valence-electron chi connectivity index (χ2n) is 7.75. The zero-order chi connectivity index (χ0) is 20.6. The third-order valence-electron chi connectivity index (χ3n) is 5.56. The first kappa shape index (κ1) is 20.5. The smallest absolute Gasteiger partial charge is 0.310 e. The first-order valence-corrected chi connectivity index (χ1v) is 9.02. The van der Waals surface area contributed by atoms with Gasteiger partial charge in [-0.1, -0.05) is 19.0 Å². The highest BCUT2D eigenvalue weighted by atomic mass is 19.2. The molecule has 2 fully saturated rings. The van der Waals surface area contributed by atoms with E-state index in [1.54, 1.807) is 13.8 Å². The van der Waals surface area contributed by atoms with E-state index >= 15 is 0 Å². The molecule has 2 aliphatic rings. The topological polar surface area (TPSA) is 47.9 Å². The van der Waals surface area contributed by atoms with Gasteiger partial charge in [-0.25, -0.2) is 22.0 Å². The highest BCUT2D eigenvalue weighted by molar-refractivity contribution is 5.85. The van der Waals surface area contributed by atoms with E-state index in [2.05, 4.69) is 5.16 Å². The molecule has 1 aromatic rings. The summed E-state index contributed by atoms with van der Waals surface area (Å²) < 4.78 is 71.6. The van der Waals surface area contributed by atoms with Crippen molar-refractivity contribution in [3.8, 4) is 0 Å². The molecule has 154 valence electrons. The quantitative estimate of drug-likeness (QED) is 0.173. The van der Waals surface area contributed by atoms with Gasteiger partial charge in [0.2, 0.25) is 5.82 Å². The minimum absolute atomic E-state index is 0.0673. The second kappa shape index (κ2) is 7.67. The fourth-order valence-electron chi connectivity index (χ4n) is 3.60. The van der Waals surface area contributed by atoms with Gasteiger partial charge in [0.15, 0.2) is 23.3 Å². The minimum atomic E-state index is -2.26. The first-order valence-electron chi connectivity index (χ1n) is 9.02. The van der Waals surface area contributed by atoms with E-state index in [1.807, 2.05) is 0 Å². The average molecular weight is 405 g/mol. The lowest BCUT2D eigenvalue weighted by Gasteiger charge is -2.09. The highest BCUT2D eigenvalue weighted by Crippen LogP contribution is 2.57. The molecule has 0 N–H and O–H groups in total. The summed E-state index contributed by atoms with van der Waals surface area (Å²) in [6.07, 6.45) is 5.60. The van der Waals surface area contributed by atoms with Crippen molar-refractivity contribution in [3.05, 3.63) is 34.6 Å². The molecule has 2 aliphatic carbocycles. The number of ether oxygens (including phenoxy) is 1. The third-order valence-corrected chi connectivity index (χ3v) is 5.56. The van der Waals surface area contributed by atoms with Gasteiger partial charge in [0.25, 0.3) is 0 Å². The summed E-state index contributed by atoms with van der Waals surface area (Å²) in [7, 11) is 0. The van der Waals surface area contributed by atoms with Crippen LogP contribution >= 0.6 is 0 Å². The Morgan fingerprint density at radius 3 is 2.14 bits per heavy atom. The van der Waals surface area contributed by atoms with Gasteiger partial charge in [-0.05, 0) is 31.1 Å². The molecule has 0 spiro atoms. The SMILES string of the molecule is CC1(C)[C@H](C=NOC2CCCC2)[C@H]1C(=O)OCc1c(F)c(F)c(F)c(F)c1F. The van der Waals surface area contributed by atoms with Crippen molar-refractivity contribution in [1.82, 2.24) is 0 Å². The molecular formula is C19H20F5NO3. The van der Waals surface area contributed by atoms with E-state index in [1.165, 1.54) is 6.21 Å². The van der Waals surface area contributed by atoms with Gasteiger partial charge in [-0.15, -0.1) is 0 Å². The standard InChI is InChI=1S/C19H20F5NO3/c1-19(2)11(7-25-28-9-5-3-4-6-9)12(19)18(26)27-8-10-13(20)15(22)17(24)16(23)14(10)21/h7,9,11-12H,3-6,8H2,1-2H3/t11-,12+/m1/s1. The Hall–Kier alpha value is -2.19. The van der Waals surface area contributed by atoms with Crippen LogP contribution in [0.25, 0.3) is 0 Å². The lowest BCUT2D eigenvalue weighted by molar-refractivity contribution is -0.147. The summed E-state index contributed by atoms with van der Waals surface area (Å²) in [4.78, 5) is 17.6. The molecule has 0 radical (unpaired) electrons. The molecule has 0 heterocycles. The molecule has 28 heavy (non-hydrogen) atoms. The van der Waals surface area contributed by atoms with Crippen LogP contribution in [0.2, 0.25) is 0 Å². The van der Waals surface area contributed by atoms with E-state index in [-0.39, 0.29) is 12.0 Å².